The number of rotatable bonds is 1. The predicted octanol–water partition coefficient (Wildman–Crippen LogP) is 2.57. The van der Waals surface area contributed by atoms with Crippen molar-refractivity contribution in [3.05, 3.63) is 29.3 Å². The number of ether oxygens (including phenoxy) is 1. The molecule has 5 heteroatoms. The molecule has 1 aromatic rings. The van der Waals surface area contributed by atoms with Gasteiger partial charge in [-0.05, 0) is 24.1 Å². The summed E-state index contributed by atoms with van der Waals surface area (Å²) in [5.41, 5.74) is 6.02. The number of hydrogen-bond donors (Lipinski definition) is 1. The van der Waals surface area contributed by atoms with E-state index in [-0.39, 0.29) is 11.7 Å². The van der Waals surface area contributed by atoms with Crippen LogP contribution in [-0.2, 0) is 6.42 Å². The topological polar surface area (TPSA) is 35.2 Å². The minimum atomic E-state index is -4.40. The van der Waals surface area contributed by atoms with Gasteiger partial charge in [-0.1, -0.05) is 12.1 Å². The zero-order valence-corrected chi connectivity index (χ0v) is 8.71. The number of hydrogen-bond acceptors (Lipinski definition) is 2. The van der Waals surface area contributed by atoms with E-state index in [4.69, 9.17) is 10.5 Å². The van der Waals surface area contributed by atoms with E-state index in [2.05, 4.69) is 0 Å². The number of nitrogens with two attached hydrogens (primary N) is 1. The quantitative estimate of drug-likeness (QED) is 0.806. The first kappa shape index (κ1) is 11.3. The highest BCUT2D eigenvalue weighted by Crippen LogP contribution is 2.35. The molecule has 0 amide bonds. The number of halogens is 3. The SMILES string of the molecule is CC1Cc2cc(C(N)C(F)(F)F)ccc2O1. The highest BCUT2D eigenvalue weighted by atomic mass is 19.4. The Kier molecular flexibility index (Phi) is 2.58. The zero-order valence-electron chi connectivity index (χ0n) is 8.71. The molecule has 16 heavy (non-hydrogen) atoms. The maximum atomic E-state index is 12.4. The summed E-state index contributed by atoms with van der Waals surface area (Å²) in [7, 11) is 0. The first-order chi connectivity index (χ1) is 7.38. The van der Waals surface area contributed by atoms with Crippen molar-refractivity contribution in [3.8, 4) is 5.75 Å². The fourth-order valence-electron chi connectivity index (χ4n) is 1.82. The van der Waals surface area contributed by atoms with Crippen LogP contribution in [0.5, 0.6) is 5.75 Å². The van der Waals surface area contributed by atoms with E-state index in [1.54, 1.807) is 6.07 Å². The van der Waals surface area contributed by atoms with Gasteiger partial charge in [0.05, 0.1) is 0 Å². The Bertz CT molecular complexity index is 403. The van der Waals surface area contributed by atoms with Crippen molar-refractivity contribution in [1.29, 1.82) is 0 Å². The van der Waals surface area contributed by atoms with Gasteiger partial charge in [0.15, 0.2) is 0 Å². The van der Waals surface area contributed by atoms with Crippen molar-refractivity contribution in [2.75, 3.05) is 0 Å². The second-order valence-electron chi connectivity index (χ2n) is 4.02. The Morgan fingerprint density at radius 1 is 1.44 bits per heavy atom. The second kappa shape index (κ2) is 3.66. The molecule has 0 fully saturated rings. The molecule has 1 aromatic carbocycles. The average Bonchev–Trinajstić information content (AvgIpc) is 2.54. The summed E-state index contributed by atoms with van der Waals surface area (Å²) in [6.07, 6.45) is -3.75. The lowest BCUT2D eigenvalue weighted by Crippen LogP contribution is -2.28. The van der Waals surface area contributed by atoms with Gasteiger partial charge >= 0.3 is 6.18 Å². The highest BCUT2D eigenvalue weighted by Gasteiger charge is 2.38. The third kappa shape index (κ3) is 2.00. The molecule has 0 aliphatic carbocycles. The molecule has 0 aromatic heterocycles. The molecular weight excluding hydrogens is 219 g/mol. The van der Waals surface area contributed by atoms with Crippen molar-refractivity contribution in [2.24, 2.45) is 5.73 Å². The molecule has 0 saturated heterocycles. The fourth-order valence-corrected chi connectivity index (χ4v) is 1.82. The molecular formula is C11H12F3NO. The third-order valence-corrected chi connectivity index (χ3v) is 2.63. The molecule has 2 atom stereocenters. The number of alkyl halides is 3. The Morgan fingerprint density at radius 2 is 2.12 bits per heavy atom. The highest BCUT2D eigenvalue weighted by molar-refractivity contribution is 5.41. The zero-order chi connectivity index (χ0) is 11.9. The minimum absolute atomic E-state index is 0.0207. The summed E-state index contributed by atoms with van der Waals surface area (Å²) in [5.74, 6) is 0.658. The molecule has 2 N–H and O–H groups in total. The van der Waals surface area contributed by atoms with E-state index in [0.29, 0.717) is 12.2 Å². The molecule has 2 unspecified atom stereocenters. The van der Waals surface area contributed by atoms with E-state index in [9.17, 15) is 13.2 Å². The summed E-state index contributed by atoms with van der Waals surface area (Å²) < 4.78 is 42.6. The molecule has 88 valence electrons. The molecule has 2 nitrogen and oxygen atoms in total. The van der Waals surface area contributed by atoms with Crippen LogP contribution in [0.25, 0.3) is 0 Å². The van der Waals surface area contributed by atoms with E-state index in [1.165, 1.54) is 12.1 Å². The Hall–Kier alpha value is -1.23. The van der Waals surface area contributed by atoms with Gasteiger partial charge in [0.1, 0.15) is 17.9 Å². The van der Waals surface area contributed by atoms with E-state index in [0.717, 1.165) is 5.56 Å². The van der Waals surface area contributed by atoms with Gasteiger partial charge in [0, 0.05) is 6.42 Å². The largest absolute Gasteiger partial charge is 0.490 e. The first-order valence-corrected chi connectivity index (χ1v) is 4.99. The lowest BCUT2D eigenvalue weighted by Gasteiger charge is -2.16. The van der Waals surface area contributed by atoms with Crippen molar-refractivity contribution < 1.29 is 17.9 Å². The molecule has 2 rings (SSSR count). The van der Waals surface area contributed by atoms with Crippen LogP contribution >= 0.6 is 0 Å². The van der Waals surface area contributed by atoms with Crippen LogP contribution in [0, 0.1) is 0 Å². The fraction of sp³-hybridized carbons (Fsp3) is 0.455. The van der Waals surface area contributed by atoms with Crippen molar-refractivity contribution >= 4 is 0 Å². The van der Waals surface area contributed by atoms with Gasteiger partial charge in [0.2, 0.25) is 0 Å². The third-order valence-electron chi connectivity index (χ3n) is 2.63. The van der Waals surface area contributed by atoms with Crippen LogP contribution in [0.2, 0.25) is 0 Å². The van der Waals surface area contributed by atoms with E-state index >= 15 is 0 Å². The molecule has 0 radical (unpaired) electrons. The van der Waals surface area contributed by atoms with Gasteiger partial charge in [0.25, 0.3) is 0 Å². The van der Waals surface area contributed by atoms with Gasteiger partial charge in [-0.25, -0.2) is 0 Å². The summed E-state index contributed by atoms with van der Waals surface area (Å²) >= 11 is 0. The van der Waals surface area contributed by atoms with Crippen LogP contribution in [0.15, 0.2) is 18.2 Å². The van der Waals surface area contributed by atoms with Gasteiger partial charge in [-0.15, -0.1) is 0 Å². The summed E-state index contributed by atoms with van der Waals surface area (Å²) in [6.45, 7) is 1.88. The molecule has 1 heterocycles. The smallest absolute Gasteiger partial charge is 0.407 e. The van der Waals surface area contributed by atoms with E-state index in [1.807, 2.05) is 6.92 Å². The number of fused-ring (bicyclic) bond motifs is 1. The maximum absolute atomic E-state index is 12.4. The van der Waals surface area contributed by atoms with Gasteiger partial charge in [-0.3, -0.25) is 0 Å². The maximum Gasteiger partial charge on any atom is 0.407 e. The first-order valence-electron chi connectivity index (χ1n) is 4.99. The van der Waals surface area contributed by atoms with Crippen LogP contribution in [0.3, 0.4) is 0 Å². The van der Waals surface area contributed by atoms with Crippen molar-refractivity contribution in [2.45, 2.75) is 31.7 Å². The van der Waals surface area contributed by atoms with Crippen LogP contribution < -0.4 is 10.5 Å². The Morgan fingerprint density at radius 3 is 2.75 bits per heavy atom. The molecule has 1 aliphatic heterocycles. The summed E-state index contributed by atoms with van der Waals surface area (Å²) in [5, 5.41) is 0. The summed E-state index contributed by atoms with van der Waals surface area (Å²) in [6, 6.07) is 2.49. The lowest BCUT2D eigenvalue weighted by atomic mass is 10.0. The van der Waals surface area contributed by atoms with E-state index < -0.39 is 12.2 Å². The van der Waals surface area contributed by atoms with Crippen LogP contribution in [-0.4, -0.2) is 12.3 Å². The predicted molar refractivity (Wildman–Crippen MR) is 53.2 cm³/mol. The minimum Gasteiger partial charge on any atom is -0.490 e. The molecule has 0 saturated carbocycles. The normalized spacial score (nSPS) is 21.4. The monoisotopic (exact) mass is 231 g/mol. The molecule has 0 spiro atoms. The second-order valence-corrected chi connectivity index (χ2v) is 4.02. The van der Waals surface area contributed by atoms with Crippen molar-refractivity contribution in [3.63, 3.8) is 0 Å². The Labute approximate surface area is 91.2 Å². The standard InChI is InChI=1S/C11H12F3NO/c1-6-4-8-5-7(2-3-9(8)16-6)10(15)11(12,13)14/h2-3,5-6,10H,4,15H2,1H3. The van der Waals surface area contributed by atoms with Gasteiger partial charge < -0.3 is 10.5 Å². The summed E-state index contributed by atoms with van der Waals surface area (Å²) in [4.78, 5) is 0. The van der Waals surface area contributed by atoms with Crippen LogP contribution in [0.4, 0.5) is 13.2 Å². The molecule has 1 aliphatic rings. The van der Waals surface area contributed by atoms with Gasteiger partial charge in [-0.2, -0.15) is 13.2 Å². The average molecular weight is 231 g/mol. The lowest BCUT2D eigenvalue weighted by molar-refractivity contribution is -0.149. The van der Waals surface area contributed by atoms with Crippen LogP contribution in [0.1, 0.15) is 24.1 Å². The Balaban J connectivity index is 2.29. The number of benzene rings is 1. The van der Waals surface area contributed by atoms with Crippen molar-refractivity contribution in [1.82, 2.24) is 0 Å². The molecule has 0 bridgehead atoms.